The van der Waals surface area contributed by atoms with Crippen LogP contribution in [0.25, 0.3) is 11.1 Å². The number of rotatable bonds is 4. The number of amides is 2. The van der Waals surface area contributed by atoms with Gasteiger partial charge in [0.25, 0.3) is 0 Å². The summed E-state index contributed by atoms with van der Waals surface area (Å²) in [5.74, 6) is 1.28. The van der Waals surface area contributed by atoms with Gasteiger partial charge < -0.3 is 14.2 Å². The lowest BCUT2D eigenvalue weighted by atomic mass is 10.1. The van der Waals surface area contributed by atoms with Gasteiger partial charge >= 0.3 is 0 Å². The monoisotopic (exact) mass is 357 g/mol. The Bertz CT molecular complexity index is 797. The summed E-state index contributed by atoms with van der Waals surface area (Å²) in [7, 11) is 0. The van der Waals surface area contributed by atoms with Gasteiger partial charge in [0.2, 0.25) is 11.8 Å². The van der Waals surface area contributed by atoms with Crippen molar-refractivity contribution in [2.24, 2.45) is 5.92 Å². The molecule has 6 nitrogen and oxygen atoms in total. The minimum absolute atomic E-state index is 0.0997. The van der Waals surface area contributed by atoms with Crippen molar-refractivity contribution in [1.82, 2.24) is 14.8 Å². The van der Waals surface area contributed by atoms with Crippen molar-refractivity contribution < 1.29 is 14.0 Å². The third kappa shape index (κ3) is 4.42. The van der Waals surface area contributed by atoms with Crippen LogP contribution in [0.4, 0.5) is 0 Å². The van der Waals surface area contributed by atoms with Crippen LogP contribution in [-0.4, -0.2) is 52.8 Å². The second-order valence-electron chi connectivity index (χ2n) is 7.42. The van der Waals surface area contributed by atoms with Crippen LogP contribution in [0, 0.1) is 12.8 Å². The molecule has 0 saturated carbocycles. The Hall–Kier alpha value is -2.37. The largest absolute Gasteiger partial charge is 0.441 e. The lowest BCUT2D eigenvalue weighted by Crippen LogP contribution is -2.38. The average Bonchev–Trinajstić information content (AvgIpc) is 2.79. The Morgan fingerprint density at radius 3 is 2.50 bits per heavy atom. The molecule has 140 valence electrons. The normalized spacial score (nSPS) is 15.5. The van der Waals surface area contributed by atoms with E-state index in [4.69, 9.17) is 4.42 Å². The lowest BCUT2D eigenvalue weighted by molar-refractivity contribution is -0.133. The molecule has 1 saturated heterocycles. The van der Waals surface area contributed by atoms with Gasteiger partial charge in [-0.1, -0.05) is 19.9 Å². The Kier molecular flexibility index (Phi) is 5.59. The highest BCUT2D eigenvalue weighted by Gasteiger charge is 2.22. The molecule has 1 aromatic carbocycles. The fraction of sp³-hybridized carbons (Fsp3) is 0.550. The lowest BCUT2D eigenvalue weighted by Gasteiger charge is -2.23. The van der Waals surface area contributed by atoms with Gasteiger partial charge in [-0.25, -0.2) is 4.98 Å². The number of nitrogens with zero attached hydrogens (tertiary/aromatic N) is 3. The number of carbonyl (C=O) groups excluding carboxylic acids is 2. The number of aromatic nitrogens is 1. The SMILES string of the molecule is Cc1nc2cc(CC(=O)N3CCCN(C(=O)CC(C)C)CC3)ccc2o1. The molecular formula is C20H27N3O3. The van der Waals surface area contributed by atoms with E-state index in [2.05, 4.69) is 18.8 Å². The van der Waals surface area contributed by atoms with Gasteiger partial charge in [-0.2, -0.15) is 0 Å². The zero-order valence-electron chi connectivity index (χ0n) is 15.8. The molecule has 0 spiro atoms. The number of carbonyl (C=O) groups is 2. The van der Waals surface area contributed by atoms with Crippen LogP contribution in [0.1, 0.15) is 38.1 Å². The van der Waals surface area contributed by atoms with Crippen LogP contribution < -0.4 is 0 Å². The summed E-state index contributed by atoms with van der Waals surface area (Å²) in [5.41, 5.74) is 2.47. The minimum Gasteiger partial charge on any atom is -0.441 e. The Balaban J connectivity index is 1.59. The molecule has 0 aliphatic carbocycles. The van der Waals surface area contributed by atoms with Crippen LogP contribution in [0.2, 0.25) is 0 Å². The van der Waals surface area contributed by atoms with E-state index in [0.717, 1.165) is 29.6 Å². The van der Waals surface area contributed by atoms with Gasteiger partial charge in [0.1, 0.15) is 5.52 Å². The first-order chi connectivity index (χ1) is 12.4. The van der Waals surface area contributed by atoms with Crippen molar-refractivity contribution in [3.05, 3.63) is 29.7 Å². The van der Waals surface area contributed by atoms with E-state index in [1.165, 1.54) is 0 Å². The Morgan fingerprint density at radius 2 is 1.81 bits per heavy atom. The molecule has 1 aromatic heterocycles. The molecule has 1 aliphatic heterocycles. The number of oxazole rings is 1. The van der Waals surface area contributed by atoms with Crippen molar-refractivity contribution in [1.29, 1.82) is 0 Å². The third-order valence-corrected chi connectivity index (χ3v) is 4.70. The van der Waals surface area contributed by atoms with Crippen LogP contribution >= 0.6 is 0 Å². The molecule has 2 amide bonds. The zero-order chi connectivity index (χ0) is 18.7. The summed E-state index contributed by atoms with van der Waals surface area (Å²) in [5, 5.41) is 0. The summed E-state index contributed by atoms with van der Waals surface area (Å²) < 4.78 is 5.48. The smallest absolute Gasteiger partial charge is 0.227 e. The molecular weight excluding hydrogens is 330 g/mol. The Morgan fingerprint density at radius 1 is 1.12 bits per heavy atom. The number of hydrogen-bond donors (Lipinski definition) is 0. The van der Waals surface area contributed by atoms with E-state index in [0.29, 0.717) is 44.3 Å². The van der Waals surface area contributed by atoms with Crippen molar-refractivity contribution >= 4 is 22.9 Å². The maximum absolute atomic E-state index is 12.7. The first-order valence-electron chi connectivity index (χ1n) is 9.34. The molecule has 0 radical (unpaired) electrons. The molecule has 6 heteroatoms. The second-order valence-corrected chi connectivity index (χ2v) is 7.42. The highest BCUT2D eigenvalue weighted by molar-refractivity contribution is 5.81. The van der Waals surface area contributed by atoms with Crippen molar-refractivity contribution in [2.75, 3.05) is 26.2 Å². The maximum Gasteiger partial charge on any atom is 0.227 e. The molecule has 1 aliphatic rings. The second kappa shape index (κ2) is 7.89. The number of fused-ring (bicyclic) bond motifs is 1. The predicted octanol–water partition coefficient (Wildman–Crippen LogP) is 2.79. The summed E-state index contributed by atoms with van der Waals surface area (Å²) in [6.07, 6.45) is 1.75. The quantitative estimate of drug-likeness (QED) is 0.844. The highest BCUT2D eigenvalue weighted by atomic mass is 16.3. The van der Waals surface area contributed by atoms with Crippen LogP contribution in [0.15, 0.2) is 22.6 Å². The van der Waals surface area contributed by atoms with E-state index in [1.807, 2.05) is 34.9 Å². The molecule has 0 atom stereocenters. The van der Waals surface area contributed by atoms with E-state index in [-0.39, 0.29) is 11.8 Å². The first-order valence-corrected chi connectivity index (χ1v) is 9.34. The van der Waals surface area contributed by atoms with Crippen LogP contribution in [-0.2, 0) is 16.0 Å². The molecule has 1 fully saturated rings. The molecule has 2 heterocycles. The first kappa shape index (κ1) is 18.4. The van der Waals surface area contributed by atoms with Crippen molar-refractivity contribution in [3.8, 4) is 0 Å². The fourth-order valence-corrected chi connectivity index (χ4v) is 3.38. The van der Waals surface area contributed by atoms with Crippen LogP contribution in [0.5, 0.6) is 0 Å². The summed E-state index contributed by atoms with van der Waals surface area (Å²) >= 11 is 0. The van der Waals surface area contributed by atoms with Crippen LogP contribution in [0.3, 0.4) is 0 Å². The minimum atomic E-state index is 0.0997. The van der Waals surface area contributed by atoms with Gasteiger partial charge in [-0.15, -0.1) is 0 Å². The molecule has 2 aromatic rings. The number of benzene rings is 1. The average molecular weight is 357 g/mol. The van der Waals surface area contributed by atoms with Gasteiger partial charge in [-0.05, 0) is 30.0 Å². The third-order valence-electron chi connectivity index (χ3n) is 4.70. The molecule has 0 N–H and O–H groups in total. The predicted molar refractivity (Wildman–Crippen MR) is 99.7 cm³/mol. The van der Waals surface area contributed by atoms with Crippen molar-refractivity contribution in [2.45, 2.75) is 40.0 Å². The topological polar surface area (TPSA) is 66.7 Å². The number of aryl methyl sites for hydroxylation is 1. The standard InChI is InChI=1S/C20H27N3O3/c1-14(2)11-19(24)22-7-4-8-23(10-9-22)20(25)13-16-5-6-18-17(12-16)21-15(3)26-18/h5-6,12,14H,4,7-11,13H2,1-3H3. The summed E-state index contributed by atoms with van der Waals surface area (Å²) in [4.78, 5) is 33.1. The highest BCUT2D eigenvalue weighted by Crippen LogP contribution is 2.18. The fourth-order valence-electron chi connectivity index (χ4n) is 3.38. The Labute approximate surface area is 154 Å². The van der Waals surface area contributed by atoms with Gasteiger partial charge in [-0.3, -0.25) is 9.59 Å². The summed E-state index contributed by atoms with van der Waals surface area (Å²) in [6, 6.07) is 5.70. The maximum atomic E-state index is 12.7. The zero-order valence-corrected chi connectivity index (χ0v) is 15.8. The molecule has 26 heavy (non-hydrogen) atoms. The van der Waals surface area contributed by atoms with Gasteiger partial charge in [0.05, 0.1) is 6.42 Å². The van der Waals surface area contributed by atoms with E-state index >= 15 is 0 Å². The van der Waals surface area contributed by atoms with E-state index in [9.17, 15) is 9.59 Å². The van der Waals surface area contributed by atoms with E-state index in [1.54, 1.807) is 0 Å². The molecule has 0 unspecified atom stereocenters. The van der Waals surface area contributed by atoms with Crippen molar-refractivity contribution in [3.63, 3.8) is 0 Å². The van der Waals surface area contributed by atoms with E-state index < -0.39 is 0 Å². The molecule has 0 bridgehead atoms. The van der Waals surface area contributed by atoms with Gasteiger partial charge in [0.15, 0.2) is 11.5 Å². The summed E-state index contributed by atoms with van der Waals surface area (Å²) in [6.45, 7) is 8.59. The number of hydrogen-bond acceptors (Lipinski definition) is 4. The molecule has 3 rings (SSSR count). The van der Waals surface area contributed by atoms with Gasteiger partial charge in [0, 0.05) is 39.5 Å².